The monoisotopic (exact) mass is 395 g/mol. The molecule has 0 bridgehead atoms. The van der Waals surface area contributed by atoms with Gasteiger partial charge in [0.15, 0.2) is 0 Å². The minimum Gasteiger partial charge on any atom is -0.468 e. The number of hydrogen-bond donors (Lipinski definition) is 1. The summed E-state index contributed by atoms with van der Waals surface area (Å²) in [5.74, 6) is -1.04. The van der Waals surface area contributed by atoms with Crippen LogP contribution in [0.1, 0.15) is 38.2 Å². The maximum Gasteiger partial charge on any atom is 0.324 e. The summed E-state index contributed by atoms with van der Waals surface area (Å²) >= 11 is 0. The van der Waals surface area contributed by atoms with Crippen LogP contribution in [0.3, 0.4) is 0 Å². The second-order valence-electron chi connectivity index (χ2n) is 6.58. The number of ether oxygens (including phenoxy) is 2. The smallest absolute Gasteiger partial charge is 0.324 e. The summed E-state index contributed by atoms with van der Waals surface area (Å²) in [7, 11) is -2.66. The molecule has 0 amide bonds. The molecule has 0 spiro atoms. The third-order valence-electron chi connectivity index (χ3n) is 4.31. The van der Waals surface area contributed by atoms with Gasteiger partial charge in [-0.1, -0.05) is 23.3 Å². The molecule has 0 radical (unpaired) electrons. The Morgan fingerprint density at radius 3 is 2.52 bits per heavy atom. The Balaban J connectivity index is 2.18. The molecular weight excluding hydrogens is 370 g/mol. The molecule has 0 heterocycles. The fraction of sp³-hybridized carbons (Fsp3) is 0.474. The summed E-state index contributed by atoms with van der Waals surface area (Å²) in [6.07, 6.45) is 3.82. The van der Waals surface area contributed by atoms with E-state index in [1.165, 1.54) is 26.2 Å². The number of carbonyl (C=O) groups excluding carboxylic acids is 2. The maximum atomic E-state index is 12.6. The number of nitrogens with one attached hydrogen (secondary N) is 1. The van der Waals surface area contributed by atoms with E-state index >= 15 is 0 Å². The number of esters is 2. The van der Waals surface area contributed by atoms with Crippen molar-refractivity contribution in [2.75, 3.05) is 7.11 Å². The summed E-state index contributed by atoms with van der Waals surface area (Å²) in [4.78, 5) is 23.4. The highest BCUT2D eigenvalue weighted by atomic mass is 32.2. The SMILES string of the molecule is COC(=O)[C@@H](CC1=CC(OC(C)=O)CCC1)NS(=O)(=O)c1ccc(C)cc1. The van der Waals surface area contributed by atoms with Gasteiger partial charge in [-0.05, 0) is 50.8 Å². The van der Waals surface area contributed by atoms with Crippen molar-refractivity contribution in [1.82, 2.24) is 4.72 Å². The lowest BCUT2D eigenvalue weighted by atomic mass is 9.93. The van der Waals surface area contributed by atoms with Crippen molar-refractivity contribution in [3.63, 3.8) is 0 Å². The largest absolute Gasteiger partial charge is 0.468 e. The number of benzene rings is 1. The van der Waals surface area contributed by atoms with Crippen molar-refractivity contribution in [3.05, 3.63) is 41.5 Å². The molecule has 148 valence electrons. The van der Waals surface area contributed by atoms with Crippen LogP contribution < -0.4 is 4.72 Å². The highest BCUT2D eigenvalue weighted by Gasteiger charge is 2.28. The average Bonchev–Trinajstić information content (AvgIpc) is 2.60. The zero-order valence-electron chi connectivity index (χ0n) is 15.7. The normalized spacial score (nSPS) is 18.3. The van der Waals surface area contributed by atoms with Gasteiger partial charge in [0.2, 0.25) is 10.0 Å². The van der Waals surface area contributed by atoms with Crippen LogP contribution in [0.5, 0.6) is 0 Å². The highest BCUT2D eigenvalue weighted by molar-refractivity contribution is 7.89. The van der Waals surface area contributed by atoms with E-state index in [0.717, 1.165) is 17.6 Å². The van der Waals surface area contributed by atoms with Crippen molar-refractivity contribution in [1.29, 1.82) is 0 Å². The molecule has 27 heavy (non-hydrogen) atoms. The zero-order valence-corrected chi connectivity index (χ0v) is 16.5. The van der Waals surface area contributed by atoms with Gasteiger partial charge in [-0.15, -0.1) is 0 Å². The first-order valence-electron chi connectivity index (χ1n) is 8.75. The van der Waals surface area contributed by atoms with Gasteiger partial charge >= 0.3 is 11.9 Å². The predicted molar refractivity (Wildman–Crippen MR) is 99.4 cm³/mol. The molecular formula is C19H25NO6S. The van der Waals surface area contributed by atoms with Crippen LogP contribution >= 0.6 is 0 Å². The molecule has 1 aliphatic rings. The van der Waals surface area contributed by atoms with E-state index in [-0.39, 0.29) is 23.4 Å². The Kier molecular flexibility index (Phi) is 7.15. The van der Waals surface area contributed by atoms with E-state index in [4.69, 9.17) is 9.47 Å². The molecule has 8 heteroatoms. The molecule has 0 fully saturated rings. The Labute approximate surface area is 159 Å². The summed E-state index contributed by atoms with van der Waals surface area (Å²) < 4.78 is 37.6. The van der Waals surface area contributed by atoms with Crippen LogP contribution in [0.2, 0.25) is 0 Å². The average molecular weight is 395 g/mol. The van der Waals surface area contributed by atoms with Crippen LogP contribution in [0.15, 0.2) is 40.8 Å². The van der Waals surface area contributed by atoms with Gasteiger partial charge in [0.1, 0.15) is 12.1 Å². The molecule has 1 unspecified atom stereocenters. The lowest BCUT2D eigenvalue weighted by Gasteiger charge is -2.24. The quantitative estimate of drug-likeness (QED) is 0.562. The van der Waals surface area contributed by atoms with Gasteiger partial charge in [0.05, 0.1) is 12.0 Å². The number of carbonyl (C=O) groups is 2. The van der Waals surface area contributed by atoms with Gasteiger partial charge in [-0.2, -0.15) is 4.72 Å². The second kappa shape index (κ2) is 9.14. The van der Waals surface area contributed by atoms with Gasteiger partial charge in [0, 0.05) is 6.92 Å². The van der Waals surface area contributed by atoms with Crippen LogP contribution in [0.25, 0.3) is 0 Å². The van der Waals surface area contributed by atoms with Crippen LogP contribution in [-0.2, 0) is 29.1 Å². The third kappa shape index (κ3) is 6.18. The third-order valence-corrected chi connectivity index (χ3v) is 5.79. The number of hydrogen-bond acceptors (Lipinski definition) is 6. The number of sulfonamides is 1. The number of methoxy groups -OCH3 is 1. The second-order valence-corrected chi connectivity index (χ2v) is 8.29. The molecule has 0 aliphatic heterocycles. The fourth-order valence-corrected chi connectivity index (χ4v) is 4.17. The summed E-state index contributed by atoms with van der Waals surface area (Å²) in [5.41, 5.74) is 1.79. The molecule has 1 aromatic carbocycles. The van der Waals surface area contributed by atoms with E-state index < -0.39 is 22.0 Å². The van der Waals surface area contributed by atoms with Gasteiger partial charge in [0.25, 0.3) is 0 Å². The van der Waals surface area contributed by atoms with Crippen molar-refractivity contribution < 1.29 is 27.5 Å². The molecule has 7 nitrogen and oxygen atoms in total. The van der Waals surface area contributed by atoms with Crippen LogP contribution in [0, 0.1) is 6.92 Å². The van der Waals surface area contributed by atoms with Gasteiger partial charge in [-0.3, -0.25) is 9.59 Å². The van der Waals surface area contributed by atoms with E-state index in [2.05, 4.69) is 4.72 Å². The highest BCUT2D eigenvalue weighted by Crippen LogP contribution is 2.25. The Bertz CT molecular complexity index is 813. The number of aryl methyl sites for hydroxylation is 1. The Morgan fingerprint density at radius 1 is 1.26 bits per heavy atom. The maximum absolute atomic E-state index is 12.6. The summed E-state index contributed by atoms with van der Waals surface area (Å²) in [6.45, 7) is 3.20. The predicted octanol–water partition coefficient (Wildman–Crippen LogP) is 2.25. The molecule has 1 aromatic rings. The standard InChI is InChI=1S/C19H25NO6S/c1-13-7-9-17(10-8-13)27(23,24)20-18(19(22)25-3)12-15-5-4-6-16(11-15)26-14(2)21/h7-11,16,18,20H,4-6,12H2,1-3H3/t16?,18-/m1/s1. The lowest BCUT2D eigenvalue weighted by molar-refractivity contribution is -0.145. The van der Waals surface area contributed by atoms with Crippen molar-refractivity contribution in [2.24, 2.45) is 0 Å². The molecule has 2 rings (SSSR count). The van der Waals surface area contributed by atoms with Gasteiger partial charge in [-0.25, -0.2) is 8.42 Å². The lowest BCUT2D eigenvalue weighted by Crippen LogP contribution is -2.42. The summed E-state index contributed by atoms with van der Waals surface area (Å²) in [5, 5.41) is 0. The molecule has 1 N–H and O–H groups in total. The summed E-state index contributed by atoms with van der Waals surface area (Å²) in [6, 6.07) is 5.30. The Morgan fingerprint density at radius 2 is 1.93 bits per heavy atom. The molecule has 1 aliphatic carbocycles. The van der Waals surface area contributed by atoms with E-state index in [9.17, 15) is 18.0 Å². The topological polar surface area (TPSA) is 98.8 Å². The van der Waals surface area contributed by atoms with Crippen molar-refractivity contribution in [2.45, 2.75) is 56.6 Å². The first-order valence-corrected chi connectivity index (χ1v) is 10.2. The van der Waals surface area contributed by atoms with E-state index in [0.29, 0.717) is 12.8 Å². The van der Waals surface area contributed by atoms with Gasteiger partial charge < -0.3 is 9.47 Å². The number of rotatable bonds is 7. The van der Waals surface area contributed by atoms with E-state index in [1.807, 2.05) is 6.92 Å². The fourth-order valence-electron chi connectivity index (χ4n) is 2.99. The van der Waals surface area contributed by atoms with Crippen molar-refractivity contribution in [3.8, 4) is 0 Å². The first-order chi connectivity index (χ1) is 12.7. The Hall–Kier alpha value is -2.19. The minimum atomic E-state index is -3.88. The van der Waals surface area contributed by atoms with Crippen LogP contribution in [-0.4, -0.2) is 39.6 Å². The molecule has 2 atom stereocenters. The zero-order chi connectivity index (χ0) is 20.0. The molecule has 0 aromatic heterocycles. The van der Waals surface area contributed by atoms with Crippen LogP contribution in [0.4, 0.5) is 0 Å². The minimum absolute atomic E-state index is 0.0809. The molecule has 0 saturated carbocycles. The molecule has 0 saturated heterocycles. The first kappa shape index (κ1) is 21.1. The van der Waals surface area contributed by atoms with Crippen molar-refractivity contribution >= 4 is 22.0 Å². The van der Waals surface area contributed by atoms with E-state index in [1.54, 1.807) is 18.2 Å².